The molecule has 0 aliphatic carbocycles. The van der Waals surface area contributed by atoms with Gasteiger partial charge in [-0.3, -0.25) is 30.3 Å². The summed E-state index contributed by atoms with van der Waals surface area (Å²) in [5.41, 5.74) is 4.52. The zero-order chi connectivity index (χ0) is 32.6. The van der Waals surface area contributed by atoms with Crippen LogP contribution in [0, 0.1) is 23.5 Å². The number of alkyl halides is 1. The van der Waals surface area contributed by atoms with Gasteiger partial charge in [-0.15, -0.1) is 0 Å². The lowest BCUT2D eigenvalue weighted by molar-refractivity contribution is -0.140. The number of benzene rings is 2. The minimum absolute atomic E-state index is 0.102. The van der Waals surface area contributed by atoms with Gasteiger partial charge in [0.25, 0.3) is 0 Å². The summed E-state index contributed by atoms with van der Waals surface area (Å²) in [6.45, 7) is 3.25. The van der Waals surface area contributed by atoms with E-state index in [9.17, 15) is 23.5 Å². The van der Waals surface area contributed by atoms with Gasteiger partial charge in [-0.25, -0.2) is 13.2 Å². The Balaban J connectivity index is 1.27. The molecule has 2 aromatic heterocycles. The van der Waals surface area contributed by atoms with Crippen molar-refractivity contribution in [3.63, 3.8) is 0 Å². The summed E-state index contributed by atoms with van der Waals surface area (Å²) in [4.78, 5) is 42.6. The fourth-order valence-electron chi connectivity index (χ4n) is 8.01. The first-order valence-corrected chi connectivity index (χ1v) is 15.8. The van der Waals surface area contributed by atoms with E-state index in [1.54, 1.807) is 11.8 Å². The SMILES string of the molecule is CCc1c(F)ccc2cc(O)cc(-c3ncc4c(N5C[C@@H]6C(=O)NNC(=O)[C@@H]6C5)nc(OC[C@@]56CCCN5C[C@H](F)C6)nc4c3F)c12. The summed E-state index contributed by atoms with van der Waals surface area (Å²) in [5, 5.41) is 11.7. The Morgan fingerprint density at radius 2 is 1.85 bits per heavy atom. The van der Waals surface area contributed by atoms with Gasteiger partial charge in [-0.05, 0) is 60.3 Å². The zero-order valence-electron chi connectivity index (χ0n) is 25.5. The molecule has 4 aliphatic heterocycles. The maximum absolute atomic E-state index is 16.8. The Morgan fingerprint density at radius 3 is 2.60 bits per heavy atom. The third kappa shape index (κ3) is 4.71. The van der Waals surface area contributed by atoms with Gasteiger partial charge in [0.2, 0.25) is 11.8 Å². The molecule has 4 saturated heterocycles. The van der Waals surface area contributed by atoms with Crippen LogP contribution in [0.5, 0.6) is 11.8 Å². The van der Waals surface area contributed by atoms with Crippen LogP contribution in [0.25, 0.3) is 32.9 Å². The fraction of sp³-hybridized carbons (Fsp3) is 0.424. The second-order valence-corrected chi connectivity index (χ2v) is 12.9. The van der Waals surface area contributed by atoms with Gasteiger partial charge in [0, 0.05) is 37.8 Å². The number of aromatic nitrogens is 3. The van der Waals surface area contributed by atoms with Gasteiger partial charge < -0.3 is 14.7 Å². The highest BCUT2D eigenvalue weighted by molar-refractivity contribution is 6.02. The third-order valence-corrected chi connectivity index (χ3v) is 10.2. The van der Waals surface area contributed by atoms with Crippen LogP contribution in [0.3, 0.4) is 0 Å². The van der Waals surface area contributed by atoms with E-state index < -0.39 is 35.2 Å². The van der Waals surface area contributed by atoms with Gasteiger partial charge in [0.05, 0.1) is 22.8 Å². The summed E-state index contributed by atoms with van der Waals surface area (Å²) >= 11 is 0. The standard InChI is InChI=1S/C33H32F3N7O4/c1-2-19-24(35)5-4-16-8-18(44)9-20(25(16)19)27-26(36)28-21(11-37-27)29(42-13-22-23(14-42)31(46)41-40-30(22)45)39-32(38-28)47-15-33-6-3-7-43(33)12-17(34)10-33/h4-5,8-9,11,17,22-23,44H,2-3,6-7,10,12-15H2,1H3,(H,40,45)(H,41,46)/t17-,22-,23+,33+/m1/s1. The summed E-state index contributed by atoms with van der Waals surface area (Å²) < 4.78 is 52.4. The Labute approximate surface area is 267 Å². The number of rotatable bonds is 6. The molecule has 0 spiro atoms. The number of ether oxygens (including phenoxy) is 1. The third-order valence-electron chi connectivity index (χ3n) is 10.2. The number of hydrogen-bond donors (Lipinski definition) is 3. The molecular formula is C33H32F3N7O4. The quantitative estimate of drug-likeness (QED) is 0.288. The van der Waals surface area contributed by atoms with Crippen molar-refractivity contribution >= 4 is 39.3 Å². The van der Waals surface area contributed by atoms with Gasteiger partial charge in [0.1, 0.15) is 41.4 Å². The lowest BCUT2D eigenvalue weighted by Crippen LogP contribution is -2.55. The molecule has 4 aromatic rings. The predicted octanol–water partition coefficient (Wildman–Crippen LogP) is 3.56. The van der Waals surface area contributed by atoms with Crippen LogP contribution in [0.1, 0.15) is 31.7 Å². The molecular weight excluding hydrogens is 615 g/mol. The van der Waals surface area contributed by atoms with E-state index in [1.165, 1.54) is 30.5 Å². The minimum atomic E-state index is -0.974. The molecule has 0 unspecified atom stereocenters. The summed E-state index contributed by atoms with van der Waals surface area (Å²) in [7, 11) is 0. The number of carbonyl (C=O) groups excluding carboxylic acids is 2. The average Bonchev–Trinajstić information content (AvgIpc) is 3.75. The van der Waals surface area contributed by atoms with E-state index in [2.05, 4.69) is 30.7 Å². The van der Waals surface area contributed by atoms with E-state index in [1.807, 2.05) is 0 Å². The molecule has 6 heterocycles. The highest BCUT2D eigenvalue weighted by Crippen LogP contribution is 2.42. The summed E-state index contributed by atoms with van der Waals surface area (Å²) in [6.07, 6.45) is 2.71. The molecule has 14 heteroatoms. The molecule has 4 aliphatic rings. The van der Waals surface area contributed by atoms with Crippen molar-refractivity contribution in [2.75, 3.05) is 37.7 Å². The van der Waals surface area contributed by atoms with Crippen LogP contribution in [0.15, 0.2) is 30.5 Å². The zero-order valence-corrected chi connectivity index (χ0v) is 25.5. The lowest BCUT2D eigenvalue weighted by atomic mass is 9.93. The normalized spacial score (nSPS) is 25.7. The largest absolute Gasteiger partial charge is 0.508 e. The van der Waals surface area contributed by atoms with Crippen molar-refractivity contribution < 1.29 is 32.6 Å². The Hall–Kier alpha value is -4.72. The number of aromatic hydroxyl groups is 1. The fourth-order valence-corrected chi connectivity index (χ4v) is 8.01. The minimum Gasteiger partial charge on any atom is -0.508 e. The van der Waals surface area contributed by atoms with Crippen LogP contribution < -0.4 is 20.5 Å². The molecule has 4 fully saturated rings. The summed E-state index contributed by atoms with van der Waals surface area (Å²) in [6, 6.07) is 5.53. The van der Waals surface area contributed by atoms with Crippen LogP contribution in [-0.2, 0) is 16.0 Å². The van der Waals surface area contributed by atoms with E-state index in [-0.39, 0.29) is 71.2 Å². The number of phenols is 1. The van der Waals surface area contributed by atoms with Gasteiger partial charge >= 0.3 is 6.01 Å². The van der Waals surface area contributed by atoms with Crippen LogP contribution >= 0.6 is 0 Å². The molecule has 47 heavy (non-hydrogen) atoms. The number of phenolic OH excluding ortho intramolecular Hbond substituents is 1. The number of amides is 2. The number of anilines is 1. The van der Waals surface area contributed by atoms with Crippen molar-refractivity contribution in [3.05, 3.63) is 47.7 Å². The first-order chi connectivity index (χ1) is 22.7. The number of hydrogen-bond acceptors (Lipinski definition) is 9. The maximum atomic E-state index is 16.8. The lowest BCUT2D eigenvalue weighted by Gasteiger charge is -2.31. The highest BCUT2D eigenvalue weighted by atomic mass is 19.1. The van der Waals surface area contributed by atoms with Crippen molar-refractivity contribution in [1.29, 1.82) is 0 Å². The number of halogens is 3. The van der Waals surface area contributed by atoms with E-state index in [0.29, 0.717) is 35.7 Å². The second-order valence-electron chi connectivity index (χ2n) is 12.9. The number of nitrogens with one attached hydrogen (secondary N) is 2. The van der Waals surface area contributed by atoms with E-state index in [4.69, 9.17) is 4.74 Å². The number of fused-ring (bicyclic) bond motifs is 4. The molecule has 0 bridgehead atoms. The Bertz CT molecular complexity index is 1950. The topological polar surface area (TPSA) is 133 Å². The van der Waals surface area contributed by atoms with Crippen LogP contribution in [0.2, 0.25) is 0 Å². The van der Waals surface area contributed by atoms with Gasteiger partial charge in [-0.2, -0.15) is 9.97 Å². The first-order valence-electron chi connectivity index (χ1n) is 15.8. The number of nitrogens with zero attached hydrogens (tertiary/aromatic N) is 5. The number of aryl methyl sites for hydroxylation is 1. The molecule has 11 nitrogen and oxygen atoms in total. The van der Waals surface area contributed by atoms with Crippen molar-refractivity contribution in [3.8, 4) is 23.0 Å². The van der Waals surface area contributed by atoms with Crippen LogP contribution in [0.4, 0.5) is 19.0 Å². The molecule has 4 atom stereocenters. The summed E-state index contributed by atoms with van der Waals surface area (Å²) in [5.74, 6) is -3.19. The van der Waals surface area contributed by atoms with Gasteiger partial charge in [0.15, 0.2) is 5.82 Å². The average molecular weight is 648 g/mol. The predicted molar refractivity (Wildman–Crippen MR) is 165 cm³/mol. The molecule has 8 rings (SSSR count). The number of hydrazine groups is 1. The van der Waals surface area contributed by atoms with Crippen LogP contribution in [-0.4, -0.2) is 81.3 Å². The van der Waals surface area contributed by atoms with Gasteiger partial charge in [-0.1, -0.05) is 13.0 Å². The second kappa shape index (κ2) is 10.9. The molecule has 244 valence electrons. The monoisotopic (exact) mass is 647 g/mol. The Kier molecular flexibility index (Phi) is 6.90. The molecule has 0 saturated carbocycles. The molecule has 3 N–H and O–H groups in total. The Morgan fingerprint density at radius 1 is 1.09 bits per heavy atom. The number of carbonyl (C=O) groups is 2. The first kappa shape index (κ1) is 29.7. The highest BCUT2D eigenvalue weighted by Gasteiger charge is 2.50. The smallest absolute Gasteiger partial charge is 0.319 e. The van der Waals surface area contributed by atoms with Crippen molar-refractivity contribution in [1.82, 2.24) is 30.7 Å². The van der Waals surface area contributed by atoms with Crippen molar-refractivity contribution in [2.45, 2.75) is 44.3 Å². The van der Waals surface area contributed by atoms with Crippen molar-refractivity contribution in [2.24, 2.45) is 11.8 Å². The van der Waals surface area contributed by atoms with E-state index >= 15 is 4.39 Å². The van der Waals surface area contributed by atoms with E-state index in [0.717, 1.165) is 19.4 Å². The molecule has 2 aromatic carbocycles. The molecule has 2 amide bonds. The maximum Gasteiger partial charge on any atom is 0.319 e. The molecule has 0 radical (unpaired) electrons. The number of pyridine rings is 1.